The Labute approximate surface area is 80.2 Å². The van der Waals surface area contributed by atoms with Crippen LogP contribution in [0.2, 0.25) is 0 Å². The molecule has 0 fully saturated rings. The first-order valence-corrected chi connectivity index (χ1v) is 4.55. The molecule has 0 aliphatic heterocycles. The minimum atomic E-state index is -0.357. The third-order valence-corrected chi connectivity index (χ3v) is 2.22. The van der Waals surface area contributed by atoms with Gasteiger partial charge in [0, 0.05) is 24.3 Å². The second kappa shape index (κ2) is 3.65. The van der Waals surface area contributed by atoms with Crippen molar-refractivity contribution in [3.8, 4) is 0 Å². The van der Waals surface area contributed by atoms with E-state index in [4.69, 9.17) is 0 Å². The van der Waals surface area contributed by atoms with E-state index in [2.05, 4.69) is 4.98 Å². The molecule has 0 saturated carbocycles. The number of nitrogens with zero attached hydrogens (tertiary/aromatic N) is 1. The fourth-order valence-corrected chi connectivity index (χ4v) is 1.58. The minimum absolute atomic E-state index is 0.119. The van der Waals surface area contributed by atoms with Crippen molar-refractivity contribution in [2.75, 3.05) is 6.67 Å². The minimum Gasteiger partial charge on any atom is -0.343 e. The number of aromatic amines is 1. The quantitative estimate of drug-likeness (QED) is 0.793. The van der Waals surface area contributed by atoms with Crippen molar-refractivity contribution in [2.45, 2.75) is 13.0 Å². The van der Waals surface area contributed by atoms with Crippen LogP contribution in [0.25, 0.3) is 10.9 Å². The number of hydrogen-bond donors (Lipinski definition) is 1. The molecule has 3 nitrogen and oxygen atoms in total. The van der Waals surface area contributed by atoms with E-state index < -0.39 is 0 Å². The van der Waals surface area contributed by atoms with Gasteiger partial charge in [0.25, 0.3) is 5.56 Å². The molecule has 0 unspecified atom stereocenters. The van der Waals surface area contributed by atoms with Crippen molar-refractivity contribution in [3.63, 3.8) is 0 Å². The highest BCUT2D eigenvalue weighted by Crippen LogP contribution is 2.10. The highest BCUT2D eigenvalue weighted by atomic mass is 19.1. The van der Waals surface area contributed by atoms with Gasteiger partial charge in [-0.25, -0.2) is 0 Å². The zero-order valence-corrected chi connectivity index (χ0v) is 7.66. The van der Waals surface area contributed by atoms with Crippen molar-refractivity contribution in [2.24, 2.45) is 0 Å². The summed E-state index contributed by atoms with van der Waals surface area (Å²) in [5.74, 6) is 0. The van der Waals surface area contributed by atoms with Gasteiger partial charge in [0.05, 0.1) is 6.67 Å². The number of hydrogen-bond acceptors (Lipinski definition) is 1. The molecule has 0 bridgehead atoms. The van der Waals surface area contributed by atoms with Gasteiger partial charge in [0.1, 0.15) is 5.52 Å². The first-order valence-electron chi connectivity index (χ1n) is 4.55. The van der Waals surface area contributed by atoms with Crippen LogP contribution in [-0.2, 0) is 6.54 Å². The van der Waals surface area contributed by atoms with E-state index in [1.54, 1.807) is 10.8 Å². The van der Waals surface area contributed by atoms with Gasteiger partial charge in [0.2, 0.25) is 0 Å². The summed E-state index contributed by atoms with van der Waals surface area (Å²) in [6.07, 6.45) is 3.87. The summed E-state index contributed by atoms with van der Waals surface area (Å²) in [5.41, 5.74) is 0.507. The van der Waals surface area contributed by atoms with E-state index in [1.807, 2.05) is 18.3 Å². The summed E-state index contributed by atoms with van der Waals surface area (Å²) in [4.78, 5) is 14.1. The second-order valence-corrected chi connectivity index (χ2v) is 3.16. The number of fused-ring (bicyclic) bond motifs is 1. The number of H-pyrrole nitrogens is 1. The Morgan fingerprint density at radius 2 is 2.29 bits per heavy atom. The average Bonchev–Trinajstić information content (AvgIpc) is 2.59. The van der Waals surface area contributed by atoms with Crippen LogP contribution in [0.3, 0.4) is 0 Å². The molecular weight excluding hydrogens is 183 g/mol. The van der Waals surface area contributed by atoms with Crippen molar-refractivity contribution in [3.05, 3.63) is 34.9 Å². The van der Waals surface area contributed by atoms with Crippen LogP contribution in [-0.4, -0.2) is 16.2 Å². The van der Waals surface area contributed by atoms with Crippen molar-refractivity contribution < 1.29 is 4.39 Å². The number of nitrogens with one attached hydrogen (secondary N) is 1. The summed E-state index contributed by atoms with van der Waals surface area (Å²) in [7, 11) is 0. The van der Waals surface area contributed by atoms with Gasteiger partial charge in [-0.2, -0.15) is 0 Å². The van der Waals surface area contributed by atoms with Gasteiger partial charge in [-0.15, -0.1) is 0 Å². The molecule has 0 radical (unpaired) electrons. The van der Waals surface area contributed by atoms with Gasteiger partial charge in [-0.3, -0.25) is 9.18 Å². The molecule has 0 aliphatic rings. The molecule has 0 spiro atoms. The Bertz CT molecular complexity index is 486. The maximum atomic E-state index is 12.0. The molecule has 4 heteroatoms. The summed E-state index contributed by atoms with van der Waals surface area (Å²) in [6, 6.07) is 3.70. The Morgan fingerprint density at radius 1 is 1.43 bits per heavy atom. The first kappa shape index (κ1) is 8.99. The van der Waals surface area contributed by atoms with Crippen LogP contribution in [0.5, 0.6) is 0 Å². The lowest BCUT2D eigenvalue weighted by Gasteiger charge is -2.01. The zero-order chi connectivity index (χ0) is 9.97. The summed E-state index contributed by atoms with van der Waals surface area (Å²) >= 11 is 0. The topological polar surface area (TPSA) is 37.8 Å². The molecule has 0 aromatic carbocycles. The molecule has 0 amide bonds. The maximum Gasteiger partial charge on any atom is 0.272 e. The molecule has 2 rings (SSSR count). The molecule has 2 aromatic rings. The molecule has 0 atom stereocenters. The number of alkyl halides is 1. The Kier molecular flexibility index (Phi) is 2.35. The number of aryl methyl sites for hydroxylation is 1. The van der Waals surface area contributed by atoms with Crippen LogP contribution in [0, 0.1) is 0 Å². The van der Waals surface area contributed by atoms with E-state index in [9.17, 15) is 9.18 Å². The van der Waals surface area contributed by atoms with Crippen molar-refractivity contribution in [1.82, 2.24) is 9.55 Å². The summed E-state index contributed by atoms with van der Waals surface area (Å²) in [6.45, 7) is 0.192. The number of aromatic nitrogens is 2. The van der Waals surface area contributed by atoms with Crippen LogP contribution in [0.15, 0.2) is 29.3 Å². The largest absolute Gasteiger partial charge is 0.343 e. The standard InChI is InChI=1S/C10H11FN2O/c11-4-1-6-13-7-3-8-2-5-12-10(14)9(8)13/h2-3,5,7H,1,4,6H2,(H,12,14). The van der Waals surface area contributed by atoms with Gasteiger partial charge < -0.3 is 9.55 Å². The van der Waals surface area contributed by atoms with E-state index in [0.717, 1.165) is 5.39 Å². The Balaban J connectivity index is 2.50. The van der Waals surface area contributed by atoms with Crippen LogP contribution < -0.4 is 5.56 Å². The normalized spacial score (nSPS) is 10.9. The predicted molar refractivity (Wildman–Crippen MR) is 53.2 cm³/mol. The molecule has 1 N–H and O–H groups in total. The molecule has 2 aromatic heterocycles. The second-order valence-electron chi connectivity index (χ2n) is 3.16. The van der Waals surface area contributed by atoms with Crippen molar-refractivity contribution >= 4 is 10.9 Å². The lowest BCUT2D eigenvalue weighted by Crippen LogP contribution is -2.10. The van der Waals surface area contributed by atoms with E-state index in [1.165, 1.54) is 0 Å². The van der Waals surface area contributed by atoms with Crippen molar-refractivity contribution in [1.29, 1.82) is 0 Å². The van der Waals surface area contributed by atoms with E-state index in [0.29, 0.717) is 18.5 Å². The molecule has 0 saturated heterocycles. The Hall–Kier alpha value is -1.58. The van der Waals surface area contributed by atoms with Gasteiger partial charge >= 0.3 is 0 Å². The van der Waals surface area contributed by atoms with E-state index in [-0.39, 0.29) is 12.2 Å². The maximum absolute atomic E-state index is 12.0. The Morgan fingerprint density at radius 3 is 3.07 bits per heavy atom. The lowest BCUT2D eigenvalue weighted by atomic mass is 10.3. The third kappa shape index (κ3) is 1.43. The third-order valence-electron chi connectivity index (χ3n) is 2.22. The smallest absolute Gasteiger partial charge is 0.272 e. The number of rotatable bonds is 3. The fourth-order valence-electron chi connectivity index (χ4n) is 1.58. The fraction of sp³-hybridized carbons (Fsp3) is 0.300. The SMILES string of the molecule is O=c1[nH]ccc2ccn(CCCF)c12. The summed E-state index contributed by atoms with van der Waals surface area (Å²) < 4.78 is 13.8. The molecule has 0 aliphatic carbocycles. The monoisotopic (exact) mass is 194 g/mol. The van der Waals surface area contributed by atoms with Crippen LogP contribution >= 0.6 is 0 Å². The highest BCUT2D eigenvalue weighted by Gasteiger charge is 2.03. The lowest BCUT2D eigenvalue weighted by molar-refractivity contribution is 0.450. The number of halogens is 1. The van der Waals surface area contributed by atoms with E-state index >= 15 is 0 Å². The molecule has 2 heterocycles. The first-order chi connectivity index (χ1) is 6.83. The molecular formula is C10H11FN2O. The van der Waals surface area contributed by atoms with Gasteiger partial charge in [-0.1, -0.05) is 0 Å². The highest BCUT2D eigenvalue weighted by molar-refractivity contribution is 5.78. The van der Waals surface area contributed by atoms with Crippen LogP contribution in [0.4, 0.5) is 4.39 Å². The van der Waals surface area contributed by atoms with Crippen LogP contribution in [0.1, 0.15) is 6.42 Å². The molecule has 74 valence electrons. The van der Waals surface area contributed by atoms with Gasteiger partial charge in [-0.05, 0) is 18.6 Å². The van der Waals surface area contributed by atoms with Gasteiger partial charge in [0.15, 0.2) is 0 Å². The molecule has 14 heavy (non-hydrogen) atoms. The summed E-state index contributed by atoms with van der Waals surface area (Å²) in [5, 5.41) is 0.896. The zero-order valence-electron chi connectivity index (χ0n) is 7.66. The number of pyridine rings is 1. The average molecular weight is 194 g/mol. The predicted octanol–water partition coefficient (Wildman–Crippen LogP) is 1.69.